The zero-order valence-electron chi connectivity index (χ0n) is 11.2. The van der Waals surface area contributed by atoms with Crippen molar-refractivity contribution in [3.05, 3.63) is 52.1 Å². The van der Waals surface area contributed by atoms with E-state index in [0.717, 1.165) is 12.6 Å². The minimum absolute atomic E-state index is 0.814. The molecule has 1 saturated carbocycles. The molecule has 3 rings (SSSR count). The number of benzene rings is 1. The van der Waals surface area contributed by atoms with Gasteiger partial charge in [-0.3, -0.25) is 0 Å². The molecule has 0 unspecified atom stereocenters. The first-order valence-corrected chi connectivity index (χ1v) is 9.46. The van der Waals surface area contributed by atoms with E-state index in [1.165, 1.54) is 22.2 Å². The maximum absolute atomic E-state index is 2.37. The van der Waals surface area contributed by atoms with Gasteiger partial charge in [0, 0.05) is 52.3 Å². The van der Waals surface area contributed by atoms with Gasteiger partial charge in [0.2, 0.25) is 0 Å². The van der Waals surface area contributed by atoms with Crippen LogP contribution in [0, 0.1) is 3.80 Å². The van der Waals surface area contributed by atoms with Crippen LogP contribution in [0.15, 0.2) is 42.7 Å². The minimum Gasteiger partial charge on any atom is -0.184 e. The van der Waals surface area contributed by atoms with E-state index in [0.29, 0.717) is 0 Å². The van der Waals surface area contributed by atoms with Gasteiger partial charge in [-0.05, 0) is 5.56 Å². The Kier molecular flexibility index (Phi) is 6.97. The zero-order chi connectivity index (χ0) is 14.5. The standard InChI is InChI=1S/C7H7I2N.C7H10N2.Pt/c8-10(9)6-7-4-2-1-3-5-7;1-8-4-5-9(6-8)7-2-3-7;/h1-5H,6H2;4-5,7H,2-3H2,1H3;. The first-order chi connectivity index (χ1) is 9.58. The summed E-state index contributed by atoms with van der Waals surface area (Å²) in [5.74, 6) is 0. The molecule has 0 radical (unpaired) electrons. The van der Waals surface area contributed by atoms with Crippen LogP contribution in [0.2, 0.25) is 0 Å². The molecule has 1 heterocycles. The van der Waals surface area contributed by atoms with Crippen molar-refractivity contribution in [2.24, 2.45) is 7.05 Å². The van der Waals surface area contributed by atoms with Crippen molar-refractivity contribution in [1.29, 1.82) is 0 Å². The minimum atomic E-state index is 0.814. The number of aromatic nitrogens is 2. The molecule has 1 aliphatic rings. The molecule has 6 heteroatoms. The number of aryl methyl sites for hydroxylation is 1. The van der Waals surface area contributed by atoms with Crippen LogP contribution in [0.1, 0.15) is 24.4 Å². The van der Waals surface area contributed by atoms with Crippen LogP contribution in [0.4, 0.5) is 0 Å². The fourth-order valence-corrected chi connectivity index (χ4v) is 3.34. The average Bonchev–Trinajstić information content (AvgIpc) is 3.19. The second-order valence-corrected chi connectivity index (χ2v) is 9.93. The van der Waals surface area contributed by atoms with Crippen LogP contribution in [0.5, 0.6) is 0 Å². The molecule has 2 aromatic rings. The molecule has 1 aliphatic carbocycles. The van der Waals surface area contributed by atoms with Gasteiger partial charge < -0.3 is 0 Å². The Morgan fingerprint density at radius 1 is 1.20 bits per heavy atom. The molecule has 0 amide bonds. The molecule has 0 spiro atoms. The van der Waals surface area contributed by atoms with Gasteiger partial charge in [0.05, 0.1) is 0 Å². The number of hydrogen-bond donors (Lipinski definition) is 0. The molecule has 0 bridgehead atoms. The van der Waals surface area contributed by atoms with Crippen LogP contribution < -0.4 is 0 Å². The van der Waals surface area contributed by atoms with Gasteiger partial charge in [-0.1, -0.05) is 30.3 Å². The third kappa shape index (κ3) is 5.39. The SMILES string of the molecule is Cn1ccn(C2CC2)[c]1=[Pt].IN(I)Cc1ccccc1. The van der Waals surface area contributed by atoms with Crippen molar-refractivity contribution in [3.8, 4) is 0 Å². The molecular weight excluding hydrogens is 659 g/mol. The summed E-state index contributed by atoms with van der Waals surface area (Å²) in [6.45, 7) is 1.00. The van der Waals surface area contributed by atoms with E-state index in [4.69, 9.17) is 0 Å². The second kappa shape index (κ2) is 8.24. The maximum Gasteiger partial charge on any atom is 0.0435 e. The van der Waals surface area contributed by atoms with E-state index in [-0.39, 0.29) is 0 Å². The summed E-state index contributed by atoms with van der Waals surface area (Å²) < 4.78 is 7.94. The first-order valence-electron chi connectivity index (χ1n) is 6.40. The third-order valence-corrected chi connectivity index (χ3v) is 5.07. The Labute approximate surface area is 158 Å². The van der Waals surface area contributed by atoms with E-state index < -0.39 is 0 Å². The topological polar surface area (TPSA) is 13.1 Å². The summed E-state index contributed by atoms with van der Waals surface area (Å²) in [5.41, 5.74) is 1.35. The number of imidazole rings is 1. The summed E-state index contributed by atoms with van der Waals surface area (Å²) in [5, 5.41) is 0. The van der Waals surface area contributed by atoms with Crippen molar-refractivity contribution < 1.29 is 19.4 Å². The quantitative estimate of drug-likeness (QED) is 0.347. The van der Waals surface area contributed by atoms with Crippen LogP contribution in [-0.4, -0.2) is 10.5 Å². The van der Waals surface area contributed by atoms with Crippen molar-refractivity contribution >= 4 is 45.7 Å². The summed E-state index contributed by atoms with van der Waals surface area (Å²) in [6, 6.07) is 11.2. The molecule has 3 nitrogen and oxygen atoms in total. The predicted molar refractivity (Wildman–Crippen MR) is 94.9 cm³/mol. The van der Waals surface area contributed by atoms with Crippen LogP contribution in [-0.2, 0) is 32.9 Å². The summed E-state index contributed by atoms with van der Waals surface area (Å²) >= 11 is 6.90. The van der Waals surface area contributed by atoms with Gasteiger partial charge in [-0.2, -0.15) is 1.33 Å². The van der Waals surface area contributed by atoms with Gasteiger partial charge >= 0.3 is 70.6 Å². The van der Waals surface area contributed by atoms with E-state index in [1.807, 2.05) is 6.07 Å². The van der Waals surface area contributed by atoms with Crippen molar-refractivity contribution in [1.82, 2.24) is 10.5 Å². The zero-order valence-corrected chi connectivity index (χ0v) is 17.7. The Bertz CT molecular complexity index is 588. The van der Waals surface area contributed by atoms with E-state index in [9.17, 15) is 0 Å². The molecule has 0 atom stereocenters. The molecule has 20 heavy (non-hydrogen) atoms. The van der Waals surface area contributed by atoms with Gasteiger partial charge in [0.15, 0.2) is 0 Å². The molecular formula is C14H17I2N3Pt. The van der Waals surface area contributed by atoms with Crippen LogP contribution in [0.3, 0.4) is 0 Å². The number of hydrogen-bond acceptors (Lipinski definition) is 1. The summed E-state index contributed by atoms with van der Waals surface area (Å²) in [6.07, 6.45) is 7.01. The second-order valence-electron chi connectivity index (χ2n) is 4.74. The molecule has 1 fully saturated rings. The normalized spacial score (nSPS) is 14.1. The van der Waals surface area contributed by atoms with Gasteiger partial charge in [0.1, 0.15) is 0 Å². The average molecular weight is 676 g/mol. The van der Waals surface area contributed by atoms with Crippen LogP contribution in [0.25, 0.3) is 0 Å². The molecule has 0 aliphatic heterocycles. The smallest absolute Gasteiger partial charge is 0.0435 e. The maximum atomic E-state index is 2.37. The third-order valence-electron chi connectivity index (χ3n) is 3.00. The Balaban J connectivity index is 0.000000147. The summed E-state index contributed by atoms with van der Waals surface area (Å²) in [4.78, 5) is 0. The van der Waals surface area contributed by atoms with Gasteiger partial charge in [-0.15, -0.1) is 0 Å². The first kappa shape index (κ1) is 16.9. The van der Waals surface area contributed by atoms with Gasteiger partial charge in [0.25, 0.3) is 0 Å². The monoisotopic (exact) mass is 676 g/mol. The Morgan fingerprint density at radius 3 is 2.30 bits per heavy atom. The molecule has 0 saturated heterocycles. The number of halogens is 2. The van der Waals surface area contributed by atoms with E-state index in [1.54, 1.807) is 0 Å². The van der Waals surface area contributed by atoms with Crippen molar-refractivity contribution in [2.45, 2.75) is 25.4 Å². The largest absolute Gasteiger partial charge is 0.184 e. The van der Waals surface area contributed by atoms with Crippen molar-refractivity contribution in [3.63, 3.8) is 0 Å². The van der Waals surface area contributed by atoms with Gasteiger partial charge in [-0.25, -0.2) is 0 Å². The molecule has 1 aromatic heterocycles. The number of rotatable bonds is 3. The molecule has 0 N–H and O–H groups in total. The summed E-state index contributed by atoms with van der Waals surface area (Å²) in [7, 11) is 2.08. The number of nitrogens with zero attached hydrogens (tertiary/aromatic N) is 3. The molecule has 1 aromatic carbocycles. The Morgan fingerprint density at radius 2 is 1.85 bits per heavy atom. The Hall–Kier alpha value is 0.538. The fraction of sp³-hybridized carbons (Fsp3) is 0.357. The molecule has 112 valence electrons. The van der Waals surface area contributed by atoms with Crippen LogP contribution >= 0.6 is 45.7 Å². The van der Waals surface area contributed by atoms with E-state index in [2.05, 4.69) is 119 Å². The van der Waals surface area contributed by atoms with Crippen molar-refractivity contribution in [2.75, 3.05) is 0 Å². The van der Waals surface area contributed by atoms with E-state index >= 15 is 0 Å². The fourth-order valence-electron chi connectivity index (χ4n) is 1.80. The predicted octanol–water partition coefficient (Wildman–Crippen LogP) is 4.43.